The Hall–Kier alpha value is -2.60. The molecule has 3 rings (SSSR count). The van der Waals surface area contributed by atoms with E-state index in [1.54, 1.807) is 6.20 Å². The number of halogens is 1. The third-order valence-corrected chi connectivity index (χ3v) is 4.43. The first-order chi connectivity index (χ1) is 13.1. The Bertz CT molecular complexity index is 900. The molecule has 0 unspecified atom stereocenters. The molecule has 0 bridgehead atoms. The smallest absolute Gasteiger partial charge is 0.307 e. The van der Waals surface area contributed by atoms with Crippen molar-refractivity contribution in [2.45, 2.75) is 39.5 Å². The fourth-order valence-electron chi connectivity index (χ4n) is 2.81. The highest BCUT2D eigenvalue weighted by molar-refractivity contribution is 6.30. The van der Waals surface area contributed by atoms with E-state index in [9.17, 15) is 4.79 Å². The summed E-state index contributed by atoms with van der Waals surface area (Å²) in [5, 5.41) is 0.670. The van der Waals surface area contributed by atoms with E-state index >= 15 is 0 Å². The fraction of sp³-hybridized carbons (Fsp3) is 0.350. The highest BCUT2D eigenvalue weighted by Gasteiger charge is 2.17. The minimum atomic E-state index is -0.164. The van der Waals surface area contributed by atoms with Crippen LogP contribution in [0.3, 0.4) is 0 Å². The minimum absolute atomic E-state index is 0.164. The SMILES string of the molecule is CCOC(=O)CCCCc1oc(-n2ccnc2C)nc1-c1ccc(Cl)cc1. The zero-order valence-electron chi connectivity index (χ0n) is 15.4. The Kier molecular flexibility index (Phi) is 6.29. The summed E-state index contributed by atoms with van der Waals surface area (Å²) in [4.78, 5) is 20.4. The number of carbonyl (C=O) groups is 1. The summed E-state index contributed by atoms with van der Waals surface area (Å²) in [7, 11) is 0. The maximum Gasteiger partial charge on any atom is 0.307 e. The van der Waals surface area contributed by atoms with Gasteiger partial charge in [0.15, 0.2) is 0 Å². The van der Waals surface area contributed by atoms with Crippen LogP contribution in [0.2, 0.25) is 5.02 Å². The lowest BCUT2D eigenvalue weighted by Crippen LogP contribution is -2.03. The maximum absolute atomic E-state index is 11.5. The van der Waals surface area contributed by atoms with E-state index in [1.165, 1.54) is 0 Å². The molecule has 0 aliphatic heterocycles. The van der Waals surface area contributed by atoms with Gasteiger partial charge in [-0.15, -0.1) is 0 Å². The third-order valence-electron chi connectivity index (χ3n) is 4.18. The second-order valence-corrected chi connectivity index (χ2v) is 6.57. The molecule has 0 saturated heterocycles. The largest absolute Gasteiger partial charge is 0.466 e. The van der Waals surface area contributed by atoms with Crippen LogP contribution < -0.4 is 0 Å². The van der Waals surface area contributed by atoms with Crippen molar-refractivity contribution in [2.24, 2.45) is 0 Å². The second-order valence-electron chi connectivity index (χ2n) is 6.13. The van der Waals surface area contributed by atoms with Crippen LogP contribution >= 0.6 is 11.6 Å². The van der Waals surface area contributed by atoms with Gasteiger partial charge in [-0.05, 0) is 38.8 Å². The molecule has 2 heterocycles. The molecule has 0 aliphatic rings. The number of ether oxygens (including phenoxy) is 1. The Balaban J connectivity index is 1.80. The maximum atomic E-state index is 11.5. The monoisotopic (exact) mass is 387 g/mol. The van der Waals surface area contributed by atoms with Crippen molar-refractivity contribution >= 4 is 17.6 Å². The lowest BCUT2D eigenvalue weighted by Gasteiger charge is -2.03. The van der Waals surface area contributed by atoms with Crippen molar-refractivity contribution < 1.29 is 13.9 Å². The number of aryl methyl sites for hydroxylation is 2. The van der Waals surface area contributed by atoms with Gasteiger partial charge < -0.3 is 9.15 Å². The van der Waals surface area contributed by atoms with Gasteiger partial charge in [0.1, 0.15) is 17.3 Å². The van der Waals surface area contributed by atoms with Crippen molar-refractivity contribution in [3.05, 3.63) is 53.3 Å². The van der Waals surface area contributed by atoms with Crippen LogP contribution in [0.15, 0.2) is 41.1 Å². The number of esters is 1. The lowest BCUT2D eigenvalue weighted by molar-refractivity contribution is -0.143. The van der Waals surface area contributed by atoms with Gasteiger partial charge in [-0.25, -0.2) is 4.98 Å². The summed E-state index contributed by atoms with van der Waals surface area (Å²) in [6.07, 6.45) is 6.15. The molecule has 0 aliphatic carbocycles. The van der Waals surface area contributed by atoms with Crippen LogP contribution in [0.25, 0.3) is 17.3 Å². The van der Waals surface area contributed by atoms with Crippen LogP contribution in [-0.2, 0) is 16.0 Å². The summed E-state index contributed by atoms with van der Waals surface area (Å²) >= 11 is 6.00. The third kappa shape index (κ3) is 4.77. The first-order valence-electron chi connectivity index (χ1n) is 9.00. The van der Waals surface area contributed by atoms with Crippen molar-refractivity contribution in [1.29, 1.82) is 0 Å². The Morgan fingerprint density at radius 1 is 1.26 bits per heavy atom. The van der Waals surface area contributed by atoms with Crippen LogP contribution in [0.5, 0.6) is 0 Å². The molecular formula is C20H22ClN3O3. The molecule has 6 nitrogen and oxygen atoms in total. The van der Waals surface area contributed by atoms with E-state index in [-0.39, 0.29) is 5.97 Å². The molecular weight excluding hydrogens is 366 g/mol. The highest BCUT2D eigenvalue weighted by atomic mass is 35.5. The number of hydrogen-bond donors (Lipinski definition) is 0. The number of imidazole rings is 1. The lowest BCUT2D eigenvalue weighted by atomic mass is 10.1. The van der Waals surface area contributed by atoms with E-state index in [2.05, 4.69) is 9.97 Å². The van der Waals surface area contributed by atoms with Gasteiger partial charge >= 0.3 is 12.0 Å². The van der Waals surface area contributed by atoms with Gasteiger partial charge in [0.05, 0.1) is 6.61 Å². The van der Waals surface area contributed by atoms with Crippen molar-refractivity contribution in [3.63, 3.8) is 0 Å². The summed E-state index contributed by atoms with van der Waals surface area (Å²) in [6, 6.07) is 7.99. The van der Waals surface area contributed by atoms with Gasteiger partial charge in [0.25, 0.3) is 0 Å². The molecule has 2 aromatic heterocycles. The zero-order chi connectivity index (χ0) is 19.2. The van der Waals surface area contributed by atoms with Gasteiger partial charge in [-0.3, -0.25) is 9.36 Å². The van der Waals surface area contributed by atoms with E-state index < -0.39 is 0 Å². The molecule has 142 valence electrons. The molecule has 27 heavy (non-hydrogen) atoms. The summed E-state index contributed by atoms with van der Waals surface area (Å²) < 4.78 is 12.8. The average molecular weight is 388 g/mol. The number of nitrogens with zero attached hydrogens (tertiary/aromatic N) is 3. The molecule has 0 amide bonds. The van der Waals surface area contributed by atoms with E-state index in [0.29, 0.717) is 30.5 Å². The number of unbranched alkanes of at least 4 members (excludes halogenated alkanes) is 1. The van der Waals surface area contributed by atoms with Gasteiger partial charge in [0, 0.05) is 35.8 Å². The number of rotatable bonds is 8. The molecule has 0 atom stereocenters. The topological polar surface area (TPSA) is 70.2 Å². The Morgan fingerprint density at radius 2 is 2.04 bits per heavy atom. The summed E-state index contributed by atoms with van der Waals surface area (Å²) in [5.74, 6) is 1.42. The molecule has 0 spiro atoms. The molecule has 0 radical (unpaired) electrons. The van der Waals surface area contributed by atoms with Crippen molar-refractivity contribution in [2.75, 3.05) is 6.61 Å². The Labute approximate surface area is 163 Å². The first-order valence-corrected chi connectivity index (χ1v) is 9.38. The fourth-order valence-corrected chi connectivity index (χ4v) is 2.94. The standard InChI is InChI=1S/C20H22ClN3O3/c1-3-26-18(25)7-5-4-6-17-19(15-8-10-16(21)11-9-15)23-20(27-17)24-13-12-22-14(24)2/h8-13H,3-7H2,1-2H3. The number of aromatic nitrogens is 3. The van der Waals surface area contributed by atoms with Crippen molar-refractivity contribution in [1.82, 2.24) is 14.5 Å². The zero-order valence-corrected chi connectivity index (χ0v) is 16.2. The number of benzene rings is 1. The van der Waals surface area contributed by atoms with E-state index in [0.717, 1.165) is 35.7 Å². The predicted octanol–water partition coefficient (Wildman–Crippen LogP) is 4.77. The van der Waals surface area contributed by atoms with E-state index in [1.807, 2.05) is 48.9 Å². The predicted molar refractivity (Wildman–Crippen MR) is 103 cm³/mol. The Morgan fingerprint density at radius 3 is 2.70 bits per heavy atom. The van der Waals surface area contributed by atoms with Gasteiger partial charge in [-0.2, -0.15) is 4.98 Å². The van der Waals surface area contributed by atoms with E-state index in [4.69, 9.17) is 20.8 Å². The van der Waals surface area contributed by atoms with Crippen LogP contribution in [0.1, 0.15) is 37.8 Å². The quantitative estimate of drug-likeness (QED) is 0.411. The number of hydrogen-bond acceptors (Lipinski definition) is 5. The molecule has 0 fully saturated rings. The van der Waals surface area contributed by atoms with Gasteiger partial charge in [-0.1, -0.05) is 23.7 Å². The minimum Gasteiger partial charge on any atom is -0.466 e. The van der Waals surface area contributed by atoms with Crippen LogP contribution in [0, 0.1) is 6.92 Å². The molecule has 7 heteroatoms. The number of carbonyl (C=O) groups excluding carboxylic acids is 1. The molecule has 0 N–H and O–H groups in total. The van der Waals surface area contributed by atoms with Crippen LogP contribution in [-0.4, -0.2) is 27.1 Å². The van der Waals surface area contributed by atoms with Gasteiger partial charge in [0.2, 0.25) is 0 Å². The molecule has 1 aromatic carbocycles. The second kappa shape index (κ2) is 8.86. The number of oxazole rings is 1. The molecule has 0 saturated carbocycles. The first kappa shape index (κ1) is 19.2. The van der Waals surface area contributed by atoms with Crippen LogP contribution in [0.4, 0.5) is 0 Å². The molecule has 3 aromatic rings. The average Bonchev–Trinajstić information content (AvgIpc) is 3.26. The van der Waals surface area contributed by atoms with Crippen molar-refractivity contribution in [3.8, 4) is 17.3 Å². The highest BCUT2D eigenvalue weighted by Crippen LogP contribution is 2.28. The summed E-state index contributed by atoms with van der Waals surface area (Å²) in [6.45, 7) is 4.12. The normalized spacial score (nSPS) is 10.9. The summed E-state index contributed by atoms with van der Waals surface area (Å²) in [5.41, 5.74) is 1.72.